The van der Waals surface area contributed by atoms with E-state index in [2.05, 4.69) is 30.0 Å². The predicted octanol–water partition coefficient (Wildman–Crippen LogP) is 2.19. The first-order chi connectivity index (χ1) is 13.7. The number of pyridine rings is 1. The van der Waals surface area contributed by atoms with Crippen LogP contribution in [0.5, 0.6) is 5.88 Å². The quantitative estimate of drug-likeness (QED) is 0.602. The summed E-state index contributed by atoms with van der Waals surface area (Å²) in [6, 6.07) is 1.60. The summed E-state index contributed by atoms with van der Waals surface area (Å²) in [5.41, 5.74) is 2.07. The molecular formula is C17H18N6O4S2. The van der Waals surface area contributed by atoms with E-state index in [1.54, 1.807) is 19.2 Å². The third-order valence-corrected chi connectivity index (χ3v) is 5.79. The van der Waals surface area contributed by atoms with Crippen LogP contribution in [0.4, 0.5) is 11.6 Å². The first kappa shape index (κ1) is 19.5. The molecule has 0 atom stereocenters. The number of nitrogens with zero attached hydrogens (tertiary/aromatic N) is 4. The van der Waals surface area contributed by atoms with E-state index in [0.29, 0.717) is 26.6 Å². The maximum Gasteiger partial charge on any atom is 0.238 e. The fraction of sp³-hybridized carbons (Fsp3) is 0.353. The lowest BCUT2D eigenvalue weighted by Crippen LogP contribution is -2.15. The van der Waals surface area contributed by atoms with Gasteiger partial charge in [0.05, 0.1) is 19.1 Å². The van der Waals surface area contributed by atoms with Gasteiger partial charge in [-0.15, -0.1) is 0 Å². The second kappa shape index (κ2) is 7.19. The first-order valence-electron chi connectivity index (χ1n) is 8.72. The lowest BCUT2D eigenvalue weighted by atomic mass is 10.2. The number of rotatable bonds is 6. The van der Waals surface area contributed by atoms with Crippen molar-refractivity contribution in [3.05, 3.63) is 18.0 Å². The molecule has 1 aliphatic carbocycles. The Morgan fingerprint density at radius 3 is 2.69 bits per heavy atom. The normalized spacial score (nSPS) is 14.0. The molecule has 1 saturated carbocycles. The third-order valence-electron chi connectivity index (χ3n) is 4.20. The van der Waals surface area contributed by atoms with Crippen molar-refractivity contribution in [2.24, 2.45) is 5.92 Å². The van der Waals surface area contributed by atoms with E-state index in [1.807, 2.05) is 0 Å². The molecule has 1 fully saturated rings. The van der Waals surface area contributed by atoms with Crippen LogP contribution in [0.1, 0.15) is 18.5 Å². The van der Waals surface area contributed by atoms with Crippen LogP contribution in [-0.2, 0) is 14.8 Å². The summed E-state index contributed by atoms with van der Waals surface area (Å²) in [6.45, 7) is 1.79. The van der Waals surface area contributed by atoms with Crippen LogP contribution in [0.3, 0.4) is 0 Å². The molecule has 2 N–H and O–H groups in total. The fourth-order valence-electron chi connectivity index (χ4n) is 2.70. The van der Waals surface area contributed by atoms with Crippen molar-refractivity contribution in [3.63, 3.8) is 0 Å². The second-order valence-electron chi connectivity index (χ2n) is 6.72. The van der Waals surface area contributed by atoms with Crippen molar-refractivity contribution in [3.8, 4) is 16.5 Å². The number of fused-ring (bicyclic) bond motifs is 1. The lowest BCUT2D eigenvalue weighted by molar-refractivity contribution is -0.117. The van der Waals surface area contributed by atoms with Crippen LogP contribution >= 0.6 is 11.3 Å². The molecule has 0 spiro atoms. The molecule has 12 heteroatoms. The minimum atomic E-state index is -3.51. The molecule has 3 aromatic heterocycles. The van der Waals surface area contributed by atoms with Crippen molar-refractivity contribution in [1.82, 2.24) is 19.9 Å². The molecule has 3 aromatic rings. The summed E-state index contributed by atoms with van der Waals surface area (Å²) >= 11 is 1.30. The van der Waals surface area contributed by atoms with Gasteiger partial charge in [-0.25, -0.2) is 23.4 Å². The van der Waals surface area contributed by atoms with Crippen LogP contribution in [0, 0.1) is 12.8 Å². The van der Waals surface area contributed by atoms with Gasteiger partial charge in [-0.2, -0.15) is 4.98 Å². The van der Waals surface area contributed by atoms with Crippen LogP contribution in [0.15, 0.2) is 12.3 Å². The molecule has 1 aliphatic rings. The summed E-state index contributed by atoms with van der Waals surface area (Å²) in [6.07, 6.45) is 4.38. The Kier molecular flexibility index (Phi) is 4.82. The first-order valence-corrected chi connectivity index (χ1v) is 11.4. The Morgan fingerprint density at radius 1 is 1.28 bits per heavy atom. The number of methoxy groups -OCH3 is 1. The molecule has 3 heterocycles. The highest BCUT2D eigenvalue weighted by molar-refractivity contribution is 7.92. The number of ether oxygens (including phenoxy) is 1. The number of thiazole rings is 1. The molecule has 0 radical (unpaired) electrons. The number of aryl methyl sites for hydroxylation is 1. The minimum Gasteiger partial charge on any atom is -0.480 e. The number of nitrogens with one attached hydrogen (secondary N) is 2. The summed E-state index contributed by atoms with van der Waals surface area (Å²) in [5, 5.41) is 3.34. The van der Waals surface area contributed by atoms with Crippen LogP contribution in [0.25, 0.3) is 20.9 Å². The van der Waals surface area contributed by atoms with Crippen molar-refractivity contribution in [2.45, 2.75) is 19.8 Å². The zero-order valence-electron chi connectivity index (χ0n) is 15.9. The monoisotopic (exact) mass is 434 g/mol. The van der Waals surface area contributed by atoms with Gasteiger partial charge >= 0.3 is 0 Å². The van der Waals surface area contributed by atoms with E-state index in [1.165, 1.54) is 18.4 Å². The van der Waals surface area contributed by atoms with Crippen molar-refractivity contribution in [2.75, 3.05) is 23.4 Å². The molecule has 0 bridgehead atoms. The maximum atomic E-state index is 12.0. The molecule has 10 nitrogen and oxygen atoms in total. The summed E-state index contributed by atoms with van der Waals surface area (Å²) in [4.78, 5) is 30.1. The Balaban J connectivity index is 1.71. The average molecular weight is 435 g/mol. The molecule has 0 saturated heterocycles. The zero-order valence-corrected chi connectivity index (χ0v) is 17.5. The average Bonchev–Trinajstić information content (AvgIpc) is 3.40. The Hall–Kier alpha value is -2.86. The van der Waals surface area contributed by atoms with E-state index >= 15 is 0 Å². The molecule has 4 rings (SSSR count). The Bertz CT molecular complexity index is 1220. The zero-order chi connectivity index (χ0) is 20.8. The van der Waals surface area contributed by atoms with Gasteiger partial charge in [-0.1, -0.05) is 11.3 Å². The van der Waals surface area contributed by atoms with Gasteiger partial charge in [0.2, 0.25) is 27.8 Å². The molecule has 1 amide bonds. The largest absolute Gasteiger partial charge is 0.480 e. The number of hydrogen-bond acceptors (Lipinski definition) is 9. The highest BCUT2D eigenvalue weighted by Crippen LogP contribution is 2.34. The van der Waals surface area contributed by atoms with Crippen molar-refractivity contribution < 1.29 is 17.9 Å². The smallest absolute Gasteiger partial charge is 0.238 e. The molecule has 29 heavy (non-hydrogen) atoms. The number of hydrogen-bond donors (Lipinski definition) is 2. The standard InChI is InChI=1S/C17H18N6O4S2/c1-8-12-16(22-17(19-8)21-13(24)9-4-5-9)28-15(20-12)10-6-11(23-29(3,25)26)14(27-2)18-7-10/h6-7,9,23H,4-5H2,1-3H3,(H,19,21,22,24). The highest BCUT2D eigenvalue weighted by atomic mass is 32.2. The highest BCUT2D eigenvalue weighted by Gasteiger charge is 2.30. The van der Waals surface area contributed by atoms with E-state index in [-0.39, 0.29) is 29.3 Å². The molecule has 0 aromatic carbocycles. The number of sulfonamides is 1. The summed E-state index contributed by atoms with van der Waals surface area (Å²) in [5.74, 6) is 0.401. The van der Waals surface area contributed by atoms with E-state index < -0.39 is 10.0 Å². The number of aromatic nitrogens is 4. The van der Waals surface area contributed by atoms with E-state index in [9.17, 15) is 13.2 Å². The minimum absolute atomic E-state index is 0.0535. The van der Waals surface area contributed by atoms with Crippen molar-refractivity contribution >= 4 is 49.3 Å². The molecular weight excluding hydrogens is 416 g/mol. The number of amides is 1. The third kappa shape index (κ3) is 4.27. The number of carbonyl (C=O) groups is 1. The predicted molar refractivity (Wildman–Crippen MR) is 110 cm³/mol. The summed E-state index contributed by atoms with van der Waals surface area (Å²) < 4.78 is 30.7. The molecule has 0 aliphatic heterocycles. The SMILES string of the molecule is COc1ncc(-c2nc3c(C)nc(NC(=O)C4CC4)nc3s2)cc1NS(C)(=O)=O. The lowest BCUT2D eigenvalue weighted by Gasteiger charge is -2.09. The number of anilines is 2. The van der Waals surface area contributed by atoms with Crippen LogP contribution < -0.4 is 14.8 Å². The van der Waals surface area contributed by atoms with Gasteiger partial charge in [0.25, 0.3) is 0 Å². The van der Waals surface area contributed by atoms with Crippen LogP contribution in [0.2, 0.25) is 0 Å². The van der Waals surface area contributed by atoms with Gasteiger partial charge in [-0.05, 0) is 25.8 Å². The Morgan fingerprint density at radius 2 is 2.03 bits per heavy atom. The maximum absolute atomic E-state index is 12.0. The fourth-order valence-corrected chi connectivity index (χ4v) is 4.22. The topological polar surface area (TPSA) is 136 Å². The number of carbonyl (C=O) groups excluding carboxylic acids is 1. The van der Waals surface area contributed by atoms with E-state index in [0.717, 1.165) is 19.1 Å². The van der Waals surface area contributed by atoms with Gasteiger partial charge in [0.15, 0.2) is 0 Å². The second-order valence-corrected chi connectivity index (χ2v) is 9.45. The molecule has 152 valence electrons. The van der Waals surface area contributed by atoms with E-state index in [4.69, 9.17) is 4.74 Å². The Labute approximate surface area is 170 Å². The van der Waals surface area contributed by atoms with Gasteiger partial charge < -0.3 is 4.74 Å². The van der Waals surface area contributed by atoms with Gasteiger partial charge in [-0.3, -0.25) is 14.8 Å². The van der Waals surface area contributed by atoms with Crippen LogP contribution in [-0.4, -0.2) is 47.6 Å². The molecule has 0 unspecified atom stereocenters. The van der Waals surface area contributed by atoms with Gasteiger partial charge in [0.1, 0.15) is 21.0 Å². The van der Waals surface area contributed by atoms with Crippen molar-refractivity contribution in [1.29, 1.82) is 0 Å². The van der Waals surface area contributed by atoms with Gasteiger partial charge in [0, 0.05) is 17.7 Å². The summed E-state index contributed by atoms with van der Waals surface area (Å²) in [7, 11) is -2.10.